The van der Waals surface area contributed by atoms with Gasteiger partial charge in [-0.05, 0) is 91.8 Å². The molecule has 0 bridgehead atoms. The molecule has 0 fully saturated rings. The Morgan fingerprint density at radius 1 is 0.281 bits per heavy atom. The van der Waals surface area contributed by atoms with Gasteiger partial charge >= 0.3 is 0 Å². The summed E-state index contributed by atoms with van der Waals surface area (Å²) < 4.78 is 4.25. The SMILES string of the molecule is Clc1nc(-n2c3ccccc3c3ccccc3c3ccccc3c3ccccc32)nc(-n2c3ccc(-c4ccccc4)cc3c3cc(-c4ccccc4)ccc32)n1. The molecule has 0 radical (unpaired) electrons. The molecular formula is C51H32ClN5. The monoisotopic (exact) mass is 749 g/mol. The summed E-state index contributed by atoms with van der Waals surface area (Å²) in [4.78, 5) is 15.1. The molecule has 0 spiro atoms. The Morgan fingerprint density at radius 2 is 0.614 bits per heavy atom. The second kappa shape index (κ2) is 13.4. The molecule has 0 amide bonds. The number of halogens is 1. The third-order valence-corrected chi connectivity index (χ3v) is 11.1. The molecule has 0 aliphatic rings. The Kier molecular flexibility index (Phi) is 7.79. The van der Waals surface area contributed by atoms with E-state index in [1.54, 1.807) is 0 Å². The van der Waals surface area contributed by atoms with Gasteiger partial charge in [0, 0.05) is 21.5 Å². The predicted molar refractivity (Wildman–Crippen MR) is 237 cm³/mol. The van der Waals surface area contributed by atoms with Gasteiger partial charge in [-0.15, -0.1) is 0 Å². The summed E-state index contributed by atoms with van der Waals surface area (Å²) in [6.07, 6.45) is 0. The van der Waals surface area contributed by atoms with Crippen molar-refractivity contribution in [1.29, 1.82) is 0 Å². The summed E-state index contributed by atoms with van der Waals surface area (Å²) in [6, 6.07) is 68.3. The van der Waals surface area contributed by atoms with Crippen LogP contribution in [0, 0.1) is 0 Å². The fourth-order valence-corrected chi connectivity index (χ4v) is 8.58. The first-order chi connectivity index (χ1) is 28.2. The molecule has 0 saturated carbocycles. The molecule has 6 heteroatoms. The third kappa shape index (κ3) is 5.51. The Hall–Kier alpha value is -7.34. The summed E-state index contributed by atoms with van der Waals surface area (Å²) in [5, 5.41) is 8.93. The topological polar surface area (TPSA) is 48.5 Å². The molecule has 0 N–H and O–H groups in total. The van der Waals surface area contributed by atoms with Crippen LogP contribution >= 0.6 is 11.6 Å². The second-order valence-corrected chi connectivity index (χ2v) is 14.5. The van der Waals surface area contributed by atoms with Crippen molar-refractivity contribution in [1.82, 2.24) is 24.1 Å². The summed E-state index contributed by atoms with van der Waals surface area (Å²) in [5.41, 5.74) is 8.37. The lowest BCUT2D eigenvalue weighted by atomic mass is 10.0. The minimum absolute atomic E-state index is 0.0995. The Labute approximate surface area is 333 Å². The van der Waals surface area contributed by atoms with Crippen LogP contribution in [0.25, 0.3) is 99.3 Å². The number of rotatable bonds is 4. The van der Waals surface area contributed by atoms with Crippen molar-refractivity contribution in [2.24, 2.45) is 0 Å². The fourth-order valence-electron chi connectivity index (χ4n) is 8.43. The first kappa shape index (κ1) is 33.0. The van der Waals surface area contributed by atoms with E-state index in [1.165, 1.54) is 0 Å². The van der Waals surface area contributed by atoms with Crippen LogP contribution in [0.1, 0.15) is 0 Å². The highest BCUT2D eigenvalue weighted by atomic mass is 35.5. The lowest BCUT2D eigenvalue weighted by molar-refractivity contribution is 0.885. The van der Waals surface area contributed by atoms with Crippen LogP contribution in [0.5, 0.6) is 0 Å². The minimum Gasteiger partial charge on any atom is -0.278 e. The van der Waals surface area contributed by atoms with Gasteiger partial charge in [0.25, 0.3) is 0 Å². The van der Waals surface area contributed by atoms with Gasteiger partial charge in [0.05, 0.1) is 22.1 Å². The standard InChI is InChI=1S/C51H32ClN5/c52-49-53-50(56-45-25-13-11-23-41(45)39-21-9-7-19-37(39)38-20-8-10-22-40(38)42-24-12-14-26-46(42)56)55-51(54-49)57-47-29-27-35(33-15-3-1-4-16-33)31-43(47)44-32-36(28-30-48(44)57)34-17-5-2-6-18-34/h1-32H. The highest BCUT2D eigenvalue weighted by Gasteiger charge is 2.20. The Balaban J connectivity index is 1.25. The third-order valence-electron chi connectivity index (χ3n) is 11.0. The summed E-state index contributed by atoms with van der Waals surface area (Å²) in [5.74, 6) is 0.846. The molecule has 11 aromatic rings. The summed E-state index contributed by atoms with van der Waals surface area (Å²) in [6.45, 7) is 0. The Bertz CT molecular complexity index is 3220. The number of hydrogen-bond donors (Lipinski definition) is 0. The summed E-state index contributed by atoms with van der Waals surface area (Å²) >= 11 is 7.02. The lowest BCUT2D eigenvalue weighted by Crippen LogP contribution is -2.10. The maximum absolute atomic E-state index is 7.02. The average molecular weight is 750 g/mol. The van der Waals surface area contributed by atoms with E-state index in [0.29, 0.717) is 11.9 Å². The van der Waals surface area contributed by atoms with Crippen molar-refractivity contribution in [2.75, 3.05) is 0 Å². The van der Waals surface area contributed by atoms with Gasteiger partial charge in [0.1, 0.15) is 0 Å². The van der Waals surface area contributed by atoms with E-state index < -0.39 is 0 Å². The number of nitrogens with zero attached hydrogens (tertiary/aromatic N) is 5. The smallest absolute Gasteiger partial charge is 0.240 e. The first-order valence-electron chi connectivity index (χ1n) is 19.0. The number of para-hydroxylation sites is 2. The molecule has 0 unspecified atom stereocenters. The molecule has 0 aliphatic heterocycles. The lowest BCUT2D eigenvalue weighted by Gasteiger charge is -2.14. The van der Waals surface area contributed by atoms with Crippen molar-refractivity contribution in [3.8, 4) is 34.2 Å². The van der Waals surface area contributed by atoms with Crippen molar-refractivity contribution in [3.05, 3.63) is 199 Å². The van der Waals surface area contributed by atoms with Crippen molar-refractivity contribution < 1.29 is 0 Å². The second-order valence-electron chi connectivity index (χ2n) is 14.2. The van der Waals surface area contributed by atoms with Crippen LogP contribution in [0.4, 0.5) is 0 Å². The molecule has 11 rings (SSSR count). The highest BCUT2D eigenvalue weighted by Crippen LogP contribution is 2.38. The molecule has 3 aromatic heterocycles. The van der Waals surface area contributed by atoms with Gasteiger partial charge in [-0.1, -0.05) is 158 Å². The Morgan fingerprint density at radius 3 is 1.04 bits per heavy atom. The van der Waals surface area contributed by atoms with E-state index in [9.17, 15) is 0 Å². The maximum Gasteiger partial charge on any atom is 0.240 e. The normalized spacial score (nSPS) is 11.6. The number of fused-ring (bicyclic) bond motifs is 10. The van der Waals surface area contributed by atoms with Gasteiger partial charge in [-0.2, -0.15) is 15.0 Å². The zero-order chi connectivity index (χ0) is 37.9. The quantitative estimate of drug-likeness (QED) is 0.180. The van der Waals surface area contributed by atoms with Crippen LogP contribution in [0.3, 0.4) is 0 Å². The molecule has 0 saturated heterocycles. The van der Waals surface area contributed by atoms with E-state index in [4.69, 9.17) is 26.6 Å². The summed E-state index contributed by atoms with van der Waals surface area (Å²) in [7, 11) is 0. The van der Waals surface area contributed by atoms with E-state index >= 15 is 0 Å². The maximum atomic E-state index is 7.02. The molecule has 3 heterocycles. The van der Waals surface area contributed by atoms with Gasteiger partial charge in [0.15, 0.2) is 0 Å². The van der Waals surface area contributed by atoms with Gasteiger partial charge in [-0.25, -0.2) is 0 Å². The fraction of sp³-hybridized carbons (Fsp3) is 0. The number of hydrogen-bond acceptors (Lipinski definition) is 3. The van der Waals surface area contributed by atoms with Crippen LogP contribution in [-0.2, 0) is 0 Å². The molecular weight excluding hydrogens is 718 g/mol. The van der Waals surface area contributed by atoms with Crippen LogP contribution in [-0.4, -0.2) is 24.1 Å². The largest absolute Gasteiger partial charge is 0.278 e. The molecule has 5 nitrogen and oxygen atoms in total. The van der Waals surface area contributed by atoms with Gasteiger partial charge < -0.3 is 0 Å². The minimum atomic E-state index is 0.0995. The number of aromatic nitrogens is 5. The number of benzene rings is 8. The first-order valence-corrected chi connectivity index (χ1v) is 19.4. The van der Waals surface area contributed by atoms with Crippen molar-refractivity contribution in [3.63, 3.8) is 0 Å². The molecule has 0 atom stereocenters. The van der Waals surface area contributed by atoms with E-state index in [1.807, 2.05) is 12.1 Å². The van der Waals surface area contributed by atoms with Crippen LogP contribution < -0.4 is 0 Å². The molecule has 268 valence electrons. The molecule has 57 heavy (non-hydrogen) atoms. The predicted octanol–water partition coefficient (Wildman–Crippen LogP) is 13.5. The van der Waals surface area contributed by atoms with Gasteiger partial charge in [0.2, 0.25) is 17.2 Å². The molecule has 8 aromatic carbocycles. The van der Waals surface area contributed by atoms with E-state index in [2.05, 4.69) is 191 Å². The van der Waals surface area contributed by atoms with E-state index in [0.717, 1.165) is 87.4 Å². The van der Waals surface area contributed by atoms with Crippen LogP contribution in [0.15, 0.2) is 194 Å². The molecule has 0 aliphatic carbocycles. The zero-order valence-corrected chi connectivity index (χ0v) is 31.3. The van der Waals surface area contributed by atoms with Crippen molar-refractivity contribution >= 4 is 76.8 Å². The van der Waals surface area contributed by atoms with E-state index in [-0.39, 0.29) is 5.28 Å². The average Bonchev–Trinajstić information content (AvgIpc) is 3.62. The van der Waals surface area contributed by atoms with Crippen LogP contribution in [0.2, 0.25) is 5.28 Å². The van der Waals surface area contributed by atoms with Gasteiger partial charge in [-0.3, -0.25) is 9.13 Å². The zero-order valence-electron chi connectivity index (χ0n) is 30.6. The highest BCUT2D eigenvalue weighted by molar-refractivity contribution is 6.28. The van der Waals surface area contributed by atoms with Crippen molar-refractivity contribution in [2.45, 2.75) is 0 Å².